The summed E-state index contributed by atoms with van der Waals surface area (Å²) in [7, 11) is 1.99. The van der Waals surface area contributed by atoms with Crippen LogP contribution < -0.4 is 10.5 Å². The topological polar surface area (TPSA) is 38.5 Å². The van der Waals surface area contributed by atoms with Crippen LogP contribution in [0.15, 0.2) is 12.1 Å². The van der Waals surface area contributed by atoms with Crippen molar-refractivity contribution in [1.82, 2.24) is 4.90 Å². The summed E-state index contributed by atoms with van der Waals surface area (Å²) in [4.78, 5) is 2.15. The number of likely N-dealkylation sites (N-methyl/N-ethyl adjacent to an activating group) is 1. The molecule has 0 atom stereocenters. The number of halogens is 2. The SMILES string of the molecule is CN(CCOc1c(N)ccc(F)c1F)C1CC1. The number of hydrogen-bond donors (Lipinski definition) is 1. The lowest BCUT2D eigenvalue weighted by atomic mass is 10.3. The van der Waals surface area contributed by atoms with Gasteiger partial charge in [0.05, 0.1) is 5.69 Å². The van der Waals surface area contributed by atoms with Crippen molar-refractivity contribution in [3.8, 4) is 5.75 Å². The Bertz CT molecular complexity index is 408. The monoisotopic (exact) mass is 242 g/mol. The van der Waals surface area contributed by atoms with E-state index in [0.29, 0.717) is 19.2 Å². The smallest absolute Gasteiger partial charge is 0.202 e. The zero-order valence-corrected chi connectivity index (χ0v) is 9.75. The normalized spacial score (nSPS) is 15.3. The number of rotatable bonds is 5. The molecule has 0 unspecified atom stereocenters. The van der Waals surface area contributed by atoms with E-state index in [2.05, 4.69) is 4.90 Å². The fourth-order valence-corrected chi connectivity index (χ4v) is 1.68. The van der Waals surface area contributed by atoms with Gasteiger partial charge in [-0.15, -0.1) is 0 Å². The van der Waals surface area contributed by atoms with E-state index < -0.39 is 11.6 Å². The van der Waals surface area contributed by atoms with Crippen LogP contribution in [-0.4, -0.2) is 31.1 Å². The molecule has 5 heteroatoms. The minimum atomic E-state index is -1.01. The number of nitrogens with two attached hydrogens (primary N) is 1. The van der Waals surface area contributed by atoms with Crippen molar-refractivity contribution < 1.29 is 13.5 Å². The van der Waals surface area contributed by atoms with E-state index >= 15 is 0 Å². The summed E-state index contributed by atoms with van der Waals surface area (Å²) in [6.45, 7) is 0.984. The third-order valence-electron chi connectivity index (χ3n) is 2.94. The second-order valence-electron chi connectivity index (χ2n) is 4.34. The first kappa shape index (κ1) is 12.1. The Morgan fingerprint density at radius 2 is 2.12 bits per heavy atom. The maximum absolute atomic E-state index is 13.4. The van der Waals surface area contributed by atoms with E-state index in [1.54, 1.807) is 0 Å². The van der Waals surface area contributed by atoms with Gasteiger partial charge in [-0.1, -0.05) is 0 Å². The van der Waals surface area contributed by atoms with E-state index in [4.69, 9.17) is 10.5 Å². The Morgan fingerprint density at radius 1 is 1.41 bits per heavy atom. The van der Waals surface area contributed by atoms with E-state index in [1.165, 1.54) is 18.9 Å². The van der Waals surface area contributed by atoms with Gasteiger partial charge in [0.1, 0.15) is 6.61 Å². The summed E-state index contributed by atoms with van der Waals surface area (Å²) < 4.78 is 31.5. The minimum absolute atomic E-state index is 0.123. The molecule has 0 aliphatic heterocycles. The van der Waals surface area contributed by atoms with Gasteiger partial charge >= 0.3 is 0 Å². The standard InChI is InChI=1S/C12H16F2N2O/c1-16(8-2-3-8)6-7-17-12-10(15)5-4-9(13)11(12)14/h4-5,8H,2-3,6-7,15H2,1H3. The van der Waals surface area contributed by atoms with Gasteiger partial charge in [-0.25, -0.2) is 4.39 Å². The Kier molecular flexibility index (Phi) is 3.47. The predicted octanol–water partition coefficient (Wildman–Crippen LogP) is 2.02. The van der Waals surface area contributed by atoms with Crippen molar-refractivity contribution in [1.29, 1.82) is 0 Å². The molecule has 0 aromatic heterocycles. The number of nitrogens with zero attached hydrogens (tertiary/aromatic N) is 1. The predicted molar refractivity (Wildman–Crippen MR) is 61.9 cm³/mol. The summed E-state index contributed by atoms with van der Waals surface area (Å²) in [5.74, 6) is -2.14. The van der Waals surface area contributed by atoms with E-state index in [0.717, 1.165) is 6.07 Å². The van der Waals surface area contributed by atoms with Crippen molar-refractivity contribution in [3.05, 3.63) is 23.8 Å². The Labute approximate surface area is 99.2 Å². The molecular formula is C12H16F2N2O. The van der Waals surface area contributed by atoms with Crippen LogP contribution in [0.3, 0.4) is 0 Å². The fourth-order valence-electron chi connectivity index (χ4n) is 1.68. The molecule has 2 N–H and O–H groups in total. The molecule has 17 heavy (non-hydrogen) atoms. The molecule has 1 aliphatic rings. The molecule has 1 fully saturated rings. The van der Waals surface area contributed by atoms with Crippen molar-refractivity contribution in [2.24, 2.45) is 0 Å². The van der Waals surface area contributed by atoms with E-state index in [-0.39, 0.29) is 11.4 Å². The van der Waals surface area contributed by atoms with Crippen LogP contribution in [0.5, 0.6) is 5.75 Å². The Balaban J connectivity index is 1.91. The lowest BCUT2D eigenvalue weighted by Crippen LogP contribution is -2.26. The van der Waals surface area contributed by atoms with Gasteiger partial charge < -0.3 is 15.4 Å². The molecule has 3 nitrogen and oxygen atoms in total. The van der Waals surface area contributed by atoms with Crippen molar-refractivity contribution >= 4 is 5.69 Å². The van der Waals surface area contributed by atoms with E-state index in [9.17, 15) is 8.78 Å². The second kappa shape index (κ2) is 4.87. The summed E-state index contributed by atoms with van der Waals surface area (Å²) in [6, 6.07) is 2.92. The molecule has 2 rings (SSSR count). The zero-order chi connectivity index (χ0) is 12.4. The van der Waals surface area contributed by atoms with Crippen molar-refractivity contribution in [2.45, 2.75) is 18.9 Å². The number of benzene rings is 1. The molecule has 0 radical (unpaired) electrons. The van der Waals surface area contributed by atoms with E-state index in [1.807, 2.05) is 7.05 Å². The van der Waals surface area contributed by atoms with Crippen molar-refractivity contribution in [2.75, 3.05) is 25.9 Å². The number of ether oxygens (including phenoxy) is 1. The summed E-state index contributed by atoms with van der Waals surface area (Å²) in [5, 5.41) is 0. The highest BCUT2D eigenvalue weighted by Gasteiger charge is 2.25. The van der Waals surface area contributed by atoms with Crippen LogP contribution in [0.1, 0.15) is 12.8 Å². The summed E-state index contributed by atoms with van der Waals surface area (Å²) in [6.07, 6.45) is 2.40. The molecule has 0 heterocycles. The van der Waals surface area contributed by atoms with Crippen LogP contribution in [0.2, 0.25) is 0 Å². The second-order valence-corrected chi connectivity index (χ2v) is 4.34. The quantitative estimate of drug-likeness (QED) is 0.803. The van der Waals surface area contributed by atoms with Gasteiger partial charge in [0.2, 0.25) is 5.82 Å². The van der Waals surface area contributed by atoms with Gasteiger partial charge in [0.15, 0.2) is 11.6 Å². The van der Waals surface area contributed by atoms with Crippen LogP contribution in [0.4, 0.5) is 14.5 Å². The first-order valence-corrected chi connectivity index (χ1v) is 5.66. The average Bonchev–Trinajstić information content (AvgIpc) is 3.12. The van der Waals surface area contributed by atoms with Gasteiger partial charge in [0, 0.05) is 12.6 Å². The third-order valence-corrected chi connectivity index (χ3v) is 2.94. The van der Waals surface area contributed by atoms with Crippen LogP contribution in [0, 0.1) is 11.6 Å². The van der Waals surface area contributed by atoms with Gasteiger partial charge in [-0.2, -0.15) is 4.39 Å². The fraction of sp³-hybridized carbons (Fsp3) is 0.500. The van der Waals surface area contributed by atoms with Crippen LogP contribution in [0.25, 0.3) is 0 Å². The lowest BCUT2D eigenvalue weighted by molar-refractivity contribution is 0.225. The number of hydrogen-bond acceptors (Lipinski definition) is 3. The van der Waals surface area contributed by atoms with Crippen LogP contribution >= 0.6 is 0 Å². The van der Waals surface area contributed by atoms with Crippen LogP contribution in [-0.2, 0) is 0 Å². The highest BCUT2D eigenvalue weighted by atomic mass is 19.2. The average molecular weight is 242 g/mol. The zero-order valence-electron chi connectivity index (χ0n) is 9.75. The van der Waals surface area contributed by atoms with Gasteiger partial charge in [-0.05, 0) is 32.0 Å². The maximum Gasteiger partial charge on any atom is 0.202 e. The minimum Gasteiger partial charge on any atom is -0.487 e. The maximum atomic E-state index is 13.4. The highest BCUT2D eigenvalue weighted by molar-refractivity contribution is 5.53. The Morgan fingerprint density at radius 3 is 2.76 bits per heavy atom. The highest BCUT2D eigenvalue weighted by Crippen LogP contribution is 2.28. The largest absolute Gasteiger partial charge is 0.487 e. The molecular weight excluding hydrogens is 226 g/mol. The molecule has 1 aromatic rings. The third kappa shape index (κ3) is 2.85. The lowest BCUT2D eigenvalue weighted by Gasteiger charge is -2.16. The molecule has 1 aliphatic carbocycles. The molecule has 0 bridgehead atoms. The molecule has 0 saturated heterocycles. The molecule has 0 spiro atoms. The number of nitrogen functional groups attached to an aromatic ring is 1. The Hall–Kier alpha value is -1.36. The summed E-state index contributed by atoms with van der Waals surface area (Å²) in [5.41, 5.74) is 5.66. The first-order valence-electron chi connectivity index (χ1n) is 5.66. The number of anilines is 1. The summed E-state index contributed by atoms with van der Waals surface area (Å²) >= 11 is 0. The van der Waals surface area contributed by atoms with Gasteiger partial charge in [-0.3, -0.25) is 0 Å². The molecule has 94 valence electrons. The molecule has 1 saturated carbocycles. The molecule has 1 aromatic carbocycles. The van der Waals surface area contributed by atoms with Crippen molar-refractivity contribution in [3.63, 3.8) is 0 Å². The molecule has 0 amide bonds. The first-order chi connectivity index (χ1) is 8.09. The van der Waals surface area contributed by atoms with Gasteiger partial charge in [0.25, 0.3) is 0 Å².